The van der Waals surface area contributed by atoms with E-state index in [-0.39, 0.29) is 0 Å². The Balaban J connectivity index is 0.000000921. The van der Waals surface area contributed by atoms with Gasteiger partial charge in [-0.2, -0.15) is 0 Å². The van der Waals surface area contributed by atoms with Crippen LogP contribution in [0.5, 0.6) is 0 Å². The van der Waals surface area contributed by atoms with Crippen molar-refractivity contribution >= 4 is 29.0 Å². The fourth-order valence-corrected chi connectivity index (χ4v) is 2.57. The molecule has 0 aromatic carbocycles. The molecular weight excluding hydrogens is 224 g/mol. The standard InChI is InChI=1S/C11H15ClS.C2H6/c1-5-11-10(6-7(2)12)8(3)9(4)13-11;1-2/h6H,5H2,1-4H3;1-2H3/b7-6+;. The van der Waals surface area contributed by atoms with Crippen LogP contribution in [0.4, 0.5) is 0 Å². The maximum atomic E-state index is 5.89. The first-order valence-electron chi connectivity index (χ1n) is 5.49. The Morgan fingerprint density at radius 3 is 2.27 bits per heavy atom. The third kappa shape index (κ3) is 4.00. The van der Waals surface area contributed by atoms with Gasteiger partial charge in [0.1, 0.15) is 0 Å². The van der Waals surface area contributed by atoms with E-state index in [9.17, 15) is 0 Å². The summed E-state index contributed by atoms with van der Waals surface area (Å²) < 4.78 is 0. The third-order valence-corrected chi connectivity index (χ3v) is 3.65. The van der Waals surface area contributed by atoms with E-state index in [0.717, 1.165) is 11.5 Å². The van der Waals surface area contributed by atoms with E-state index in [4.69, 9.17) is 11.6 Å². The molecule has 0 fully saturated rings. The normalized spacial score (nSPS) is 11.0. The second kappa shape index (κ2) is 7.08. The van der Waals surface area contributed by atoms with E-state index in [1.54, 1.807) is 0 Å². The van der Waals surface area contributed by atoms with Crippen LogP contribution >= 0.6 is 22.9 Å². The molecule has 0 aliphatic carbocycles. The van der Waals surface area contributed by atoms with Crippen molar-refractivity contribution in [1.82, 2.24) is 0 Å². The van der Waals surface area contributed by atoms with Crippen molar-refractivity contribution < 1.29 is 0 Å². The highest BCUT2D eigenvalue weighted by Crippen LogP contribution is 2.30. The zero-order chi connectivity index (χ0) is 12.0. The van der Waals surface area contributed by atoms with Gasteiger partial charge < -0.3 is 0 Å². The van der Waals surface area contributed by atoms with Gasteiger partial charge in [-0.25, -0.2) is 0 Å². The van der Waals surface area contributed by atoms with Gasteiger partial charge in [0.15, 0.2) is 0 Å². The van der Waals surface area contributed by atoms with Crippen LogP contribution in [0.2, 0.25) is 0 Å². The Hall–Kier alpha value is -0.270. The molecule has 1 rings (SSSR count). The van der Waals surface area contributed by atoms with Gasteiger partial charge in [-0.05, 0) is 44.4 Å². The van der Waals surface area contributed by atoms with Crippen molar-refractivity contribution in [2.45, 2.75) is 48.0 Å². The molecule has 0 saturated heterocycles. The molecule has 0 spiro atoms. The van der Waals surface area contributed by atoms with Crippen LogP contribution in [0, 0.1) is 13.8 Å². The maximum absolute atomic E-state index is 5.89. The van der Waals surface area contributed by atoms with Crippen LogP contribution in [0.25, 0.3) is 6.08 Å². The van der Waals surface area contributed by atoms with Crippen LogP contribution in [0.15, 0.2) is 5.03 Å². The third-order valence-electron chi connectivity index (χ3n) is 2.17. The van der Waals surface area contributed by atoms with Gasteiger partial charge in [0, 0.05) is 14.8 Å². The Morgan fingerprint density at radius 2 is 1.87 bits per heavy atom. The molecule has 0 atom stereocenters. The molecule has 0 aliphatic rings. The molecule has 0 radical (unpaired) electrons. The van der Waals surface area contributed by atoms with Crippen LogP contribution in [-0.4, -0.2) is 0 Å². The summed E-state index contributed by atoms with van der Waals surface area (Å²) in [6, 6.07) is 0. The largest absolute Gasteiger partial charge is 0.145 e. The van der Waals surface area contributed by atoms with Crippen molar-refractivity contribution in [3.05, 3.63) is 25.9 Å². The highest BCUT2D eigenvalue weighted by Gasteiger charge is 2.08. The summed E-state index contributed by atoms with van der Waals surface area (Å²) in [6.07, 6.45) is 3.16. The van der Waals surface area contributed by atoms with Gasteiger partial charge in [0.2, 0.25) is 0 Å². The Bertz CT molecular complexity index is 331. The number of rotatable bonds is 2. The van der Waals surface area contributed by atoms with Gasteiger partial charge >= 0.3 is 0 Å². The minimum atomic E-state index is 0.857. The van der Waals surface area contributed by atoms with Crippen molar-refractivity contribution in [3.8, 4) is 0 Å². The van der Waals surface area contributed by atoms with E-state index in [2.05, 4.69) is 26.8 Å². The minimum Gasteiger partial charge on any atom is -0.145 e. The van der Waals surface area contributed by atoms with Crippen molar-refractivity contribution in [2.75, 3.05) is 0 Å². The Morgan fingerprint density at radius 1 is 1.33 bits per heavy atom. The molecule has 0 amide bonds. The summed E-state index contributed by atoms with van der Waals surface area (Å²) >= 11 is 7.77. The summed E-state index contributed by atoms with van der Waals surface area (Å²) in [5.74, 6) is 0. The monoisotopic (exact) mass is 244 g/mol. The molecule has 15 heavy (non-hydrogen) atoms. The van der Waals surface area contributed by atoms with E-state index in [1.165, 1.54) is 20.9 Å². The van der Waals surface area contributed by atoms with Crippen molar-refractivity contribution in [2.24, 2.45) is 0 Å². The molecule has 0 bridgehead atoms. The summed E-state index contributed by atoms with van der Waals surface area (Å²) in [4.78, 5) is 2.84. The maximum Gasteiger partial charge on any atom is 0.0156 e. The number of allylic oxidation sites excluding steroid dienone is 1. The second-order valence-corrected chi connectivity index (χ2v) is 5.11. The van der Waals surface area contributed by atoms with Crippen LogP contribution < -0.4 is 0 Å². The molecule has 2 heteroatoms. The SMILES string of the molecule is CC.CCc1sc(C)c(C)c1/C=C(\C)Cl. The van der Waals surface area contributed by atoms with Crippen LogP contribution in [-0.2, 0) is 6.42 Å². The molecule has 0 unspecified atom stereocenters. The fraction of sp³-hybridized carbons (Fsp3) is 0.538. The zero-order valence-corrected chi connectivity index (χ0v) is 12.1. The summed E-state index contributed by atoms with van der Waals surface area (Å²) in [7, 11) is 0. The average molecular weight is 245 g/mol. The predicted molar refractivity (Wildman–Crippen MR) is 74.0 cm³/mol. The second-order valence-electron chi connectivity index (χ2n) is 3.20. The lowest BCUT2D eigenvalue weighted by Crippen LogP contribution is -1.81. The molecule has 0 N–H and O–H groups in total. The highest BCUT2D eigenvalue weighted by atomic mass is 35.5. The fourth-order valence-electron chi connectivity index (χ4n) is 1.37. The first-order valence-corrected chi connectivity index (χ1v) is 6.68. The summed E-state index contributed by atoms with van der Waals surface area (Å²) in [5, 5.41) is 0.857. The lowest BCUT2D eigenvalue weighted by molar-refractivity contribution is 1.17. The van der Waals surface area contributed by atoms with Gasteiger partial charge in [0.05, 0.1) is 0 Å². The number of hydrogen-bond acceptors (Lipinski definition) is 1. The molecule has 0 saturated carbocycles. The number of halogens is 1. The lowest BCUT2D eigenvalue weighted by atomic mass is 10.1. The van der Waals surface area contributed by atoms with Crippen LogP contribution in [0.3, 0.4) is 0 Å². The zero-order valence-electron chi connectivity index (χ0n) is 10.6. The van der Waals surface area contributed by atoms with Gasteiger partial charge in [-0.15, -0.1) is 11.3 Å². The molecule has 1 aromatic rings. The Labute approximate surface area is 103 Å². The Kier molecular flexibility index (Phi) is 6.95. The molecular formula is C13H21ClS. The highest BCUT2D eigenvalue weighted by molar-refractivity contribution is 7.12. The minimum absolute atomic E-state index is 0.857. The number of hydrogen-bond donors (Lipinski definition) is 0. The lowest BCUT2D eigenvalue weighted by Gasteiger charge is -1.97. The molecule has 0 nitrogen and oxygen atoms in total. The summed E-state index contributed by atoms with van der Waals surface area (Å²) in [5.41, 5.74) is 2.71. The van der Waals surface area contributed by atoms with E-state index < -0.39 is 0 Å². The van der Waals surface area contributed by atoms with Crippen molar-refractivity contribution in [1.29, 1.82) is 0 Å². The van der Waals surface area contributed by atoms with E-state index in [1.807, 2.05) is 32.1 Å². The van der Waals surface area contributed by atoms with Gasteiger partial charge in [0.25, 0.3) is 0 Å². The van der Waals surface area contributed by atoms with Gasteiger partial charge in [-0.3, -0.25) is 0 Å². The first-order chi connectivity index (χ1) is 7.06. The molecule has 0 aliphatic heterocycles. The predicted octanol–water partition coefficient (Wildman–Crippen LogP) is 5.55. The molecule has 1 heterocycles. The van der Waals surface area contributed by atoms with Crippen LogP contribution in [0.1, 0.15) is 48.6 Å². The van der Waals surface area contributed by atoms with E-state index >= 15 is 0 Å². The smallest absolute Gasteiger partial charge is 0.0156 e. The van der Waals surface area contributed by atoms with E-state index in [0.29, 0.717) is 0 Å². The topological polar surface area (TPSA) is 0 Å². The average Bonchev–Trinajstić information content (AvgIpc) is 2.48. The molecule has 1 aromatic heterocycles. The molecule has 86 valence electrons. The van der Waals surface area contributed by atoms with Crippen molar-refractivity contribution in [3.63, 3.8) is 0 Å². The van der Waals surface area contributed by atoms with Gasteiger partial charge in [-0.1, -0.05) is 32.4 Å². The first kappa shape index (κ1) is 14.7. The number of thiophene rings is 1. The quantitative estimate of drug-likeness (QED) is 0.640. The number of aryl methyl sites for hydroxylation is 2. The summed E-state index contributed by atoms with van der Waals surface area (Å²) in [6.45, 7) is 12.4.